The van der Waals surface area contributed by atoms with Crippen LogP contribution in [-0.2, 0) is 9.59 Å². The molecule has 2 heterocycles. The summed E-state index contributed by atoms with van der Waals surface area (Å²) in [6, 6.07) is 14.2. The second-order valence-corrected chi connectivity index (χ2v) is 7.98. The van der Waals surface area contributed by atoms with Crippen molar-refractivity contribution in [2.75, 3.05) is 49.1 Å². The first-order chi connectivity index (χ1) is 15.5. The molecule has 2 aromatic rings. The van der Waals surface area contributed by atoms with E-state index >= 15 is 0 Å². The number of ether oxygens (including phenoxy) is 1. The quantitative estimate of drug-likeness (QED) is 0.672. The number of carbonyl (C=O) groups is 2. The van der Waals surface area contributed by atoms with Crippen LogP contribution in [0.25, 0.3) is 5.57 Å². The fourth-order valence-corrected chi connectivity index (χ4v) is 4.09. The fourth-order valence-electron chi connectivity index (χ4n) is 4.09. The number of hydrogen-bond donors (Lipinski definition) is 1. The van der Waals surface area contributed by atoms with E-state index in [2.05, 4.69) is 16.7 Å². The van der Waals surface area contributed by atoms with Crippen LogP contribution in [0.3, 0.4) is 0 Å². The number of nitrogens with zero attached hydrogens (tertiary/aromatic N) is 3. The molecule has 0 bridgehead atoms. The number of hydrogen-bond acceptors (Lipinski definition) is 6. The Morgan fingerprint density at radius 2 is 1.47 bits per heavy atom. The third kappa shape index (κ3) is 4.21. The number of piperazine rings is 1. The Morgan fingerprint density at radius 1 is 0.844 bits per heavy atom. The number of benzene rings is 2. The van der Waals surface area contributed by atoms with E-state index < -0.39 is 17.6 Å². The summed E-state index contributed by atoms with van der Waals surface area (Å²) < 4.78 is 5.56. The normalized spacial score (nSPS) is 17.4. The molecule has 2 aliphatic heterocycles. The highest BCUT2D eigenvalue weighted by molar-refractivity contribution is 6.44. The summed E-state index contributed by atoms with van der Waals surface area (Å²) in [5.74, 6) is -1.09. The first-order valence-corrected chi connectivity index (χ1v) is 11.2. The van der Waals surface area contributed by atoms with Crippen LogP contribution in [-0.4, -0.2) is 61.2 Å². The van der Waals surface area contributed by atoms with Crippen molar-refractivity contribution < 1.29 is 19.4 Å². The maximum Gasteiger partial charge on any atom is 0.301 e. The summed E-state index contributed by atoms with van der Waals surface area (Å²) in [4.78, 5) is 31.5. The van der Waals surface area contributed by atoms with Gasteiger partial charge in [-0.15, -0.1) is 0 Å². The van der Waals surface area contributed by atoms with Crippen LogP contribution in [0, 0.1) is 0 Å². The Bertz CT molecular complexity index is 1010. The summed E-state index contributed by atoms with van der Waals surface area (Å²) in [5.41, 5.74) is 2.00. The molecule has 7 heteroatoms. The molecule has 168 valence electrons. The van der Waals surface area contributed by atoms with Gasteiger partial charge in [-0.1, -0.05) is 26.0 Å². The van der Waals surface area contributed by atoms with Gasteiger partial charge in [-0.2, -0.15) is 0 Å². The van der Waals surface area contributed by atoms with Crippen molar-refractivity contribution in [2.24, 2.45) is 0 Å². The predicted molar refractivity (Wildman–Crippen MR) is 125 cm³/mol. The van der Waals surface area contributed by atoms with Crippen LogP contribution < -0.4 is 14.5 Å². The standard InChI is InChI=1S/C25H29N3O4/c1-3-17-32-21-11-5-18(6-12-21)22-23(29)25(31)28(24(22)30)20-9-7-19(8-10-20)27-15-13-26(4-2)14-16-27/h5-12,29H,3-4,13-17H2,1-2H3. The number of rotatable bonds is 7. The topological polar surface area (TPSA) is 73.3 Å². The minimum Gasteiger partial charge on any atom is -0.502 e. The minimum absolute atomic E-state index is 0.0109. The van der Waals surface area contributed by atoms with Crippen molar-refractivity contribution >= 4 is 28.8 Å². The molecule has 1 N–H and O–H groups in total. The smallest absolute Gasteiger partial charge is 0.301 e. The van der Waals surface area contributed by atoms with Gasteiger partial charge in [-0.05, 0) is 54.9 Å². The predicted octanol–water partition coefficient (Wildman–Crippen LogP) is 3.46. The number of imide groups is 1. The summed E-state index contributed by atoms with van der Waals surface area (Å²) in [6.45, 7) is 9.77. The molecular weight excluding hydrogens is 406 g/mol. The van der Waals surface area contributed by atoms with Crippen LogP contribution in [0.4, 0.5) is 11.4 Å². The van der Waals surface area contributed by atoms with Gasteiger partial charge >= 0.3 is 5.91 Å². The zero-order chi connectivity index (χ0) is 22.7. The minimum atomic E-state index is -0.708. The van der Waals surface area contributed by atoms with E-state index in [0.717, 1.165) is 49.7 Å². The maximum atomic E-state index is 13.1. The molecule has 0 saturated carbocycles. The molecule has 0 spiro atoms. The van der Waals surface area contributed by atoms with Crippen LogP contribution in [0.1, 0.15) is 25.8 Å². The van der Waals surface area contributed by atoms with Gasteiger partial charge < -0.3 is 19.6 Å². The Morgan fingerprint density at radius 3 is 2.06 bits per heavy atom. The monoisotopic (exact) mass is 435 g/mol. The highest BCUT2D eigenvalue weighted by Gasteiger charge is 2.40. The summed E-state index contributed by atoms with van der Waals surface area (Å²) in [6.07, 6.45) is 0.892. The zero-order valence-corrected chi connectivity index (χ0v) is 18.6. The number of amides is 2. The molecule has 32 heavy (non-hydrogen) atoms. The van der Waals surface area contributed by atoms with E-state index in [9.17, 15) is 14.7 Å². The van der Waals surface area contributed by atoms with E-state index in [0.29, 0.717) is 23.6 Å². The number of carbonyl (C=O) groups excluding carboxylic acids is 2. The molecule has 1 saturated heterocycles. The molecule has 1 fully saturated rings. The molecule has 0 radical (unpaired) electrons. The highest BCUT2D eigenvalue weighted by Crippen LogP contribution is 2.33. The molecule has 0 unspecified atom stereocenters. The van der Waals surface area contributed by atoms with E-state index in [1.165, 1.54) is 0 Å². The number of anilines is 2. The van der Waals surface area contributed by atoms with Crippen molar-refractivity contribution in [2.45, 2.75) is 20.3 Å². The first-order valence-electron chi connectivity index (χ1n) is 11.2. The Labute approximate surface area is 188 Å². The maximum absolute atomic E-state index is 13.1. The van der Waals surface area contributed by atoms with Crippen LogP contribution in [0.15, 0.2) is 54.3 Å². The molecule has 0 aliphatic carbocycles. The van der Waals surface area contributed by atoms with Crippen LogP contribution >= 0.6 is 0 Å². The molecular formula is C25H29N3O4. The molecule has 4 rings (SSSR count). The Hall–Kier alpha value is -3.32. The number of aliphatic hydroxyl groups is 1. The number of likely N-dealkylation sites (N-methyl/N-ethyl adjacent to an activating group) is 1. The van der Waals surface area contributed by atoms with Gasteiger partial charge in [-0.3, -0.25) is 9.59 Å². The second kappa shape index (κ2) is 9.44. The fraction of sp³-hybridized carbons (Fsp3) is 0.360. The summed E-state index contributed by atoms with van der Waals surface area (Å²) >= 11 is 0. The van der Waals surface area contributed by atoms with Crippen molar-refractivity contribution in [3.8, 4) is 5.75 Å². The lowest BCUT2D eigenvalue weighted by molar-refractivity contribution is -0.121. The Balaban J connectivity index is 1.50. The second-order valence-electron chi connectivity index (χ2n) is 7.98. The lowest BCUT2D eigenvalue weighted by Crippen LogP contribution is -2.46. The third-order valence-electron chi connectivity index (χ3n) is 5.97. The lowest BCUT2D eigenvalue weighted by Gasteiger charge is -2.35. The molecule has 0 atom stereocenters. The summed E-state index contributed by atoms with van der Waals surface area (Å²) in [7, 11) is 0. The van der Waals surface area contributed by atoms with Gasteiger partial charge in [0.15, 0.2) is 5.76 Å². The van der Waals surface area contributed by atoms with E-state index in [4.69, 9.17) is 4.74 Å². The van der Waals surface area contributed by atoms with E-state index in [-0.39, 0.29) is 5.57 Å². The average Bonchev–Trinajstić information content (AvgIpc) is 3.06. The summed E-state index contributed by atoms with van der Waals surface area (Å²) in [5, 5.41) is 10.5. The van der Waals surface area contributed by atoms with Crippen molar-refractivity contribution in [1.29, 1.82) is 0 Å². The van der Waals surface area contributed by atoms with Crippen molar-refractivity contribution in [1.82, 2.24) is 4.90 Å². The van der Waals surface area contributed by atoms with Crippen molar-refractivity contribution in [3.63, 3.8) is 0 Å². The van der Waals surface area contributed by atoms with Gasteiger partial charge in [0.2, 0.25) is 0 Å². The van der Waals surface area contributed by atoms with Gasteiger partial charge in [-0.25, -0.2) is 4.90 Å². The van der Waals surface area contributed by atoms with Gasteiger partial charge in [0.05, 0.1) is 17.9 Å². The third-order valence-corrected chi connectivity index (χ3v) is 5.97. The number of aliphatic hydroxyl groups excluding tert-OH is 1. The molecule has 2 aliphatic rings. The Kier molecular flexibility index (Phi) is 6.46. The van der Waals surface area contributed by atoms with Gasteiger partial charge in [0.1, 0.15) is 5.75 Å². The van der Waals surface area contributed by atoms with E-state index in [1.54, 1.807) is 36.4 Å². The van der Waals surface area contributed by atoms with Crippen LogP contribution in [0.2, 0.25) is 0 Å². The zero-order valence-electron chi connectivity index (χ0n) is 18.6. The highest BCUT2D eigenvalue weighted by atomic mass is 16.5. The largest absolute Gasteiger partial charge is 0.502 e. The molecule has 2 aromatic carbocycles. The first kappa shape index (κ1) is 21.9. The van der Waals surface area contributed by atoms with E-state index in [1.807, 2.05) is 19.1 Å². The van der Waals surface area contributed by atoms with Gasteiger partial charge in [0, 0.05) is 31.9 Å². The lowest BCUT2D eigenvalue weighted by atomic mass is 10.1. The van der Waals surface area contributed by atoms with Crippen molar-refractivity contribution in [3.05, 3.63) is 59.9 Å². The van der Waals surface area contributed by atoms with Crippen LogP contribution in [0.5, 0.6) is 5.75 Å². The molecule has 2 amide bonds. The molecule has 0 aromatic heterocycles. The average molecular weight is 436 g/mol. The van der Waals surface area contributed by atoms with Gasteiger partial charge in [0.25, 0.3) is 5.91 Å². The molecule has 7 nitrogen and oxygen atoms in total. The SMILES string of the molecule is CCCOc1ccc(C2=C(O)C(=O)N(c3ccc(N4CCN(CC)CC4)cc3)C2=O)cc1.